The van der Waals surface area contributed by atoms with Gasteiger partial charge in [0.15, 0.2) is 11.5 Å². The number of amides is 1. The molecule has 5 rings (SSSR count). The van der Waals surface area contributed by atoms with Gasteiger partial charge in [-0.25, -0.2) is 9.78 Å². The molecule has 1 aromatic heterocycles. The SMILES string of the molecule is Cc1ccc(N(C)C(=O)c2cccc(OC(=O)[C@H]3CC(c4ccc(OC(F)F)c(OCC5CC5)c4)CN3C)n2)cc1. The van der Waals surface area contributed by atoms with E-state index in [4.69, 9.17) is 9.47 Å². The fourth-order valence-corrected chi connectivity index (χ4v) is 4.91. The van der Waals surface area contributed by atoms with Crippen LogP contribution in [0.5, 0.6) is 17.4 Å². The van der Waals surface area contributed by atoms with Gasteiger partial charge in [0.05, 0.1) is 6.61 Å². The number of alkyl halides is 2. The highest BCUT2D eigenvalue weighted by molar-refractivity contribution is 6.04. The number of esters is 1. The maximum Gasteiger partial charge on any atom is 0.387 e. The number of pyridine rings is 1. The Morgan fingerprint density at radius 1 is 1.07 bits per heavy atom. The number of likely N-dealkylation sites (N-methyl/N-ethyl adjacent to an activating group) is 1. The lowest BCUT2D eigenvalue weighted by molar-refractivity contribution is -0.139. The van der Waals surface area contributed by atoms with Gasteiger partial charge in [-0.05, 0) is 81.0 Å². The largest absolute Gasteiger partial charge is 0.489 e. The Balaban J connectivity index is 1.25. The number of rotatable bonds is 10. The number of hydrogen-bond donors (Lipinski definition) is 0. The molecule has 2 aliphatic rings. The molecule has 1 saturated heterocycles. The Morgan fingerprint density at radius 3 is 2.54 bits per heavy atom. The summed E-state index contributed by atoms with van der Waals surface area (Å²) in [6.45, 7) is 0.0340. The van der Waals surface area contributed by atoms with Crippen LogP contribution in [0.15, 0.2) is 60.7 Å². The van der Waals surface area contributed by atoms with Crippen molar-refractivity contribution in [2.24, 2.45) is 5.92 Å². The Labute approximate surface area is 237 Å². The van der Waals surface area contributed by atoms with Gasteiger partial charge in [-0.3, -0.25) is 9.69 Å². The van der Waals surface area contributed by atoms with E-state index in [-0.39, 0.29) is 34.9 Å². The molecule has 3 aromatic rings. The van der Waals surface area contributed by atoms with Gasteiger partial charge in [0.2, 0.25) is 5.88 Å². The lowest BCUT2D eigenvalue weighted by Gasteiger charge is -2.18. The van der Waals surface area contributed by atoms with Gasteiger partial charge >= 0.3 is 12.6 Å². The van der Waals surface area contributed by atoms with Crippen LogP contribution in [0.2, 0.25) is 0 Å². The van der Waals surface area contributed by atoms with Crippen molar-refractivity contribution in [1.29, 1.82) is 0 Å². The second-order valence-electron chi connectivity index (χ2n) is 10.7. The first-order chi connectivity index (χ1) is 19.7. The van der Waals surface area contributed by atoms with Crippen LogP contribution in [0.25, 0.3) is 0 Å². The summed E-state index contributed by atoms with van der Waals surface area (Å²) in [4.78, 5) is 33.9. The molecule has 41 heavy (non-hydrogen) atoms. The molecule has 216 valence electrons. The van der Waals surface area contributed by atoms with Crippen molar-refractivity contribution < 1.29 is 32.6 Å². The van der Waals surface area contributed by atoms with Crippen LogP contribution in [-0.4, -0.2) is 61.7 Å². The number of likely N-dealkylation sites (tertiary alicyclic amines) is 1. The predicted molar refractivity (Wildman–Crippen MR) is 149 cm³/mol. The third kappa shape index (κ3) is 7.00. The van der Waals surface area contributed by atoms with Crippen LogP contribution in [0, 0.1) is 12.8 Å². The number of hydrogen-bond acceptors (Lipinski definition) is 7. The number of anilines is 1. The van der Waals surface area contributed by atoms with Gasteiger partial charge in [0.1, 0.15) is 11.7 Å². The summed E-state index contributed by atoms with van der Waals surface area (Å²) >= 11 is 0. The van der Waals surface area contributed by atoms with E-state index in [0.717, 1.165) is 29.7 Å². The summed E-state index contributed by atoms with van der Waals surface area (Å²) in [6, 6.07) is 16.7. The average molecular weight is 566 g/mol. The van der Waals surface area contributed by atoms with Gasteiger partial charge in [0.25, 0.3) is 5.91 Å². The Morgan fingerprint density at radius 2 is 1.83 bits per heavy atom. The topological polar surface area (TPSA) is 81.2 Å². The summed E-state index contributed by atoms with van der Waals surface area (Å²) in [7, 11) is 3.49. The zero-order valence-corrected chi connectivity index (χ0v) is 23.3. The highest BCUT2D eigenvalue weighted by atomic mass is 19.3. The van der Waals surface area contributed by atoms with Crippen molar-refractivity contribution in [3.63, 3.8) is 0 Å². The molecule has 0 spiro atoms. The molecule has 0 bridgehead atoms. The van der Waals surface area contributed by atoms with Gasteiger partial charge < -0.3 is 19.1 Å². The van der Waals surface area contributed by atoms with E-state index >= 15 is 0 Å². The van der Waals surface area contributed by atoms with Crippen LogP contribution in [0.3, 0.4) is 0 Å². The minimum Gasteiger partial charge on any atom is -0.489 e. The molecule has 2 aromatic carbocycles. The number of nitrogens with zero attached hydrogens (tertiary/aromatic N) is 3. The minimum absolute atomic E-state index is 0.000220. The number of benzene rings is 2. The Hall–Kier alpha value is -4.05. The summed E-state index contributed by atoms with van der Waals surface area (Å²) in [5.41, 5.74) is 2.82. The maximum absolute atomic E-state index is 13.2. The molecule has 10 heteroatoms. The van der Waals surface area contributed by atoms with E-state index in [1.165, 1.54) is 17.0 Å². The lowest BCUT2D eigenvalue weighted by Crippen LogP contribution is -2.36. The highest BCUT2D eigenvalue weighted by Crippen LogP contribution is 2.38. The number of halogens is 2. The zero-order valence-electron chi connectivity index (χ0n) is 23.3. The van der Waals surface area contributed by atoms with Gasteiger partial charge in [-0.2, -0.15) is 8.78 Å². The Bertz CT molecular complexity index is 1400. The monoisotopic (exact) mass is 565 g/mol. The smallest absolute Gasteiger partial charge is 0.387 e. The molecule has 1 unspecified atom stereocenters. The summed E-state index contributed by atoms with van der Waals surface area (Å²) in [5, 5.41) is 0. The molecular weight excluding hydrogens is 532 g/mol. The van der Waals surface area contributed by atoms with Gasteiger partial charge in [-0.1, -0.05) is 29.8 Å². The molecule has 1 aliphatic carbocycles. The first-order valence-corrected chi connectivity index (χ1v) is 13.6. The maximum atomic E-state index is 13.2. The fraction of sp³-hybridized carbons (Fsp3) is 0.387. The van der Waals surface area contributed by atoms with E-state index in [2.05, 4.69) is 9.72 Å². The van der Waals surface area contributed by atoms with Crippen molar-refractivity contribution in [3.05, 3.63) is 77.5 Å². The van der Waals surface area contributed by atoms with Crippen molar-refractivity contribution in [1.82, 2.24) is 9.88 Å². The quantitative estimate of drug-likeness (QED) is 0.303. The second-order valence-corrected chi connectivity index (χ2v) is 10.7. The van der Waals surface area contributed by atoms with E-state index in [0.29, 0.717) is 25.5 Å². The van der Waals surface area contributed by atoms with Crippen LogP contribution in [-0.2, 0) is 4.79 Å². The number of aryl methyl sites for hydroxylation is 1. The molecule has 1 aliphatic heterocycles. The van der Waals surface area contributed by atoms with Crippen molar-refractivity contribution in [3.8, 4) is 17.4 Å². The van der Waals surface area contributed by atoms with Crippen molar-refractivity contribution >= 4 is 17.6 Å². The molecular formula is C31H33F2N3O5. The molecule has 2 atom stereocenters. The summed E-state index contributed by atoms with van der Waals surface area (Å²) < 4.78 is 41.9. The van der Waals surface area contributed by atoms with Crippen LogP contribution < -0.4 is 19.1 Å². The van der Waals surface area contributed by atoms with Crippen LogP contribution in [0.4, 0.5) is 14.5 Å². The van der Waals surface area contributed by atoms with E-state index in [1.807, 2.05) is 43.1 Å². The standard InChI is InChI=1S/C31H33F2N3O5/c1-19-7-12-23(13-8-19)36(3)29(37)24-5-4-6-28(34-24)41-30(38)25-15-22(17-35(25)2)21-11-14-26(40-31(32)33)27(16-21)39-18-20-9-10-20/h4-8,11-14,16,20,22,25,31H,9-10,15,17-18H2,1-3H3/t22?,25-/m1/s1. The number of carbonyl (C=O) groups is 2. The molecule has 0 N–H and O–H groups in total. The normalized spacial score (nSPS) is 18.8. The Kier molecular flexibility index (Phi) is 8.49. The highest BCUT2D eigenvalue weighted by Gasteiger charge is 2.37. The fourth-order valence-electron chi connectivity index (χ4n) is 4.91. The molecule has 0 radical (unpaired) electrons. The van der Waals surface area contributed by atoms with E-state index in [1.54, 1.807) is 31.3 Å². The molecule has 2 heterocycles. The number of carbonyl (C=O) groups excluding carboxylic acids is 2. The molecule has 8 nitrogen and oxygen atoms in total. The first kappa shape index (κ1) is 28.5. The van der Waals surface area contributed by atoms with Crippen LogP contribution in [0.1, 0.15) is 46.8 Å². The predicted octanol–water partition coefficient (Wildman–Crippen LogP) is 5.45. The lowest BCUT2D eigenvalue weighted by atomic mass is 9.96. The van der Waals surface area contributed by atoms with Crippen molar-refractivity contribution in [2.75, 3.05) is 32.1 Å². The summed E-state index contributed by atoms with van der Waals surface area (Å²) in [5.74, 6) is -0.0968. The zero-order chi connectivity index (χ0) is 29.1. The van der Waals surface area contributed by atoms with E-state index < -0.39 is 18.6 Å². The molecule has 1 saturated carbocycles. The third-order valence-electron chi connectivity index (χ3n) is 7.52. The molecule has 1 amide bonds. The van der Waals surface area contributed by atoms with E-state index in [9.17, 15) is 18.4 Å². The average Bonchev–Trinajstić information content (AvgIpc) is 3.70. The van der Waals surface area contributed by atoms with Gasteiger partial charge in [0, 0.05) is 25.3 Å². The van der Waals surface area contributed by atoms with Gasteiger partial charge in [-0.15, -0.1) is 0 Å². The molecule has 2 fully saturated rings. The van der Waals surface area contributed by atoms with Crippen LogP contribution >= 0.6 is 0 Å². The minimum atomic E-state index is -2.95. The number of ether oxygens (including phenoxy) is 3. The van der Waals surface area contributed by atoms with Crippen molar-refractivity contribution in [2.45, 2.75) is 44.8 Å². The second kappa shape index (κ2) is 12.2. The number of aromatic nitrogens is 1. The summed E-state index contributed by atoms with van der Waals surface area (Å²) in [6.07, 6.45) is 2.59. The third-order valence-corrected chi connectivity index (χ3v) is 7.52. The first-order valence-electron chi connectivity index (χ1n) is 13.6.